The highest BCUT2D eigenvalue weighted by molar-refractivity contribution is 9.10. The summed E-state index contributed by atoms with van der Waals surface area (Å²) in [6.07, 6.45) is 1.11. The molecule has 3 nitrogen and oxygen atoms in total. The second kappa shape index (κ2) is 5.88. The van der Waals surface area contributed by atoms with Gasteiger partial charge in [0.05, 0.1) is 5.69 Å². The van der Waals surface area contributed by atoms with Gasteiger partial charge in [0, 0.05) is 23.0 Å². The van der Waals surface area contributed by atoms with E-state index in [1.54, 1.807) is 17.8 Å². The minimum atomic E-state index is 0.0268. The fraction of sp³-hybridized carbons (Fsp3) is 0.286. The van der Waals surface area contributed by atoms with E-state index in [9.17, 15) is 4.79 Å². The molecule has 1 heterocycles. The first-order valence-electron chi connectivity index (χ1n) is 6.01. The van der Waals surface area contributed by atoms with Crippen LogP contribution in [0.4, 0.5) is 0 Å². The summed E-state index contributed by atoms with van der Waals surface area (Å²) in [5.74, 6) is 0.0268. The van der Waals surface area contributed by atoms with Crippen molar-refractivity contribution in [1.29, 1.82) is 0 Å². The molecule has 0 saturated carbocycles. The molecule has 2 rings (SSSR count). The van der Waals surface area contributed by atoms with Crippen molar-refractivity contribution in [3.63, 3.8) is 0 Å². The third-order valence-corrected chi connectivity index (χ3v) is 3.79. The summed E-state index contributed by atoms with van der Waals surface area (Å²) in [6, 6.07) is 7.39. The number of aromatic nitrogens is 2. The Bertz CT molecular complexity index is 622. The van der Waals surface area contributed by atoms with Gasteiger partial charge in [0.2, 0.25) is 0 Å². The summed E-state index contributed by atoms with van der Waals surface area (Å²) in [6.45, 7) is 2.02. The number of benzene rings is 1. The predicted octanol–water partition coefficient (Wildman–Crippen LogP) is 3.82. The molecule has 1 aromatic heterocycles. The summed E-state index contributed by atoms with van der Waals surface area (Å²) >= 11 is 9.48. The minimum absolute atomic E-state index is 0.0268. The third kappa shape index (κ3) is 3.25. The maximum Gasteiger partial charge on any atom is 0.185 e. The topological polar surface area (TPSA) is 34.9 Å². The van der Waals surface area contributed by atoms with E-state index in [0.29, 0.717) is 10.7 Å². The summed E-state index contributed by atoms with van der Waals surface area (Å²) < 4.78 is 2.54. The van der Waals surface area contributed by atoms with Gasteiger partial charge in [-0.1, -0.05) is 40.5 Å². The fourth-order valence-electron chi connectivity index (χ4n) is 1.89. The minimum Gasteiger partial charge on any atom is -0.292 e. The molecule has 0 spiro atoms. The van der Waals surface area contributed by atoms with Gasteiger partial charge in [-0.2, -0.15) is 5.10 Å². The molecule has 5 heteroatoms. The zero-order valence-electron chi connectivity index (χ0n) is 10.8. The van der Waals surface area contributed by atoms with E-state index >= 15 is 0 Å². The van der Waals surface area contributed by atoms with Gasteiger partial charge in [0.1, 0.15) is 5.69 Å². The number of Topliss-reactive ketones (excluding diaryl/α,β-unsaturated/α-hetero) is 1. The Morgan fingerprint density at radius 3 is 2.74 bits per heavy atom. The lowest BCUT2D eigenvalue weighted by atomic mass is 10.1. The highest BCUT2D eigenvalue weighted by Gasteiger charge is 2.14. The number of ketones is 1. The molecule has 1 aromatic carbocycles. The first kappa shape index (κ1) is 14.3. The average Bonchev–Trinajstić information content (AvgIpc) is 2.74. The van der Waals surface area contributed by atoms with Crippen LogP contribution in [0.25, 0.3) is 0 Å². The number of carbonyl (C=O) groups is 1. The van der Waals surface area contributed by atoms with E-state index in [1.807, 2.05) is 25.1 Å². The molecular formula is C14H14BrClN2O. The highest BCUT2D eigenvalue weighted by Crippen LogP contribution is 2.22. The molecular weight excluding hydrogens is 328 g/mol. The highest BCUT2D eigenvalue weighted by atomic mass is 79.9. The van der Waals surface area contributed by atoms with Crippen molar-refractivity contribution in [2.45, 2.75) is 19.8 Å². The lowest BCUT2D eigenvalue weighted by Gasteiger charge is -2.04. The predicted molar refractivity (Wildman–Crippen MR) is 79.8 cm³/mol. The first-order valence-corrected chi connectivity index (χ1v) is 7.18. The van der Waals surface area contributed by atoms with Crippen LogP contribution in [0.1, 0.15) is 28.7 Å². The second-order valence-corrected chi connectivity index (χ2v) is 5.66. The second-order valence-electron chi connectivity index (χ2n) is 4.33. The van der Waals surface area contributed by atoms with Gasteiger partial charge < -0.3 is 0 Å². The molecule has 0 saturated heterocycles. The zero-order chi connectivity index (χ0) is 14.0. The van der Waals surface area contributed by atoms with Crippen molar-refractivity contribution < 1.29 is 4.79 Å². The Labute approximate surface area is 125 Å². The van der Waals surface area contributed by atoms with E-state index in [0.717, 1.165) is 22.2 Å². The number of nitrogens with zero attached hydrogens (tertiary/aromatic N) is 2. The van der Waals surface area contributed by atoms with E-state index < -0.39 is 0 Å². The van der Waals surface area contributed by atoms with Crippen LogP contribution in [0.5, 0.6) is 0 Å². The van der Waals surface area contributed by atoms with Gasteiger partial charge >= 0.3 is 0 Å². The van der Waals surface area contributed by atoms with Gasteiger partial charge in [-0.25, -0.2) is 0 Å². The molecule has 0 aliphatic rings. The molecule has 0 unspecified atom stereocenters. The fourth-order valence-corrected chi connectivity index (χ4v) is 2.63. The van der Waals surface area contributed by atoms with Crippen molar-refractivity contribution in [3.05, 3.63) is 50.7 Å². The number of aryl methyl sites for hydroxylation is 2. The van der Waals surface area contributed by atoms with Crippen LogP contribution in [-0.2, 0) is 19.9 Å². The maximum atomic E-state index is 12.3. The summed E-state index contributed by atoms with van der Waals surface area (Å²) in [5.41, 5.74) is 2.37. The molecule has 2 aromatic rings. The number of hydrogen-bond donors (Lipinski definition) is 0. The SMILES string of the molecule is CCc1cc(C(=O)Cc2ccc(Br)cc2Cl)n(C)n1. The summed E-state index contributed by atoms with van der Waals surface area (Å²) in [5, 5.41) is 4.88. The quantitative estimate of drug-likeness (QED) is 0.792. The molecule has 100 valence electrons. The van der Waals surface area contributed by atoms with Crippen LogP contribution in [0, 0.1) is 0 Å². The first-order chi connectivity index (χ1) is 9.01. The molecule has 0 N–H and O–H groups in total. The summed E-state index contributed by atoms with van der Waals surface area (Å²) in [4.78, 5) is 12.3. The molecule has 0 aliphatic carbocycles. The van der Waals surface area contributed by atoms with Crippen LogP contribution < -0.4 is 0 Å². The number of rotatable bonds is 4. The Balaban J connectivity index is 2.23. The van der Waals surface area contributed by atoms with E-state index in [4.69, 9.17) is 11.6 Å². The van der Waals surface area contributed by atoms with Crippen molar-refractivity contribution in [2.75, 3.05) is 0 Å². The molecule has 0 amide bonds. The van der Waals surface area contributed by atoms with Crippen molar-refractivity contribution in [3.8, 4) is 0 Å². The van der Waals surface area contributed by atoms with Crippen molar-refractivity contribution >= 4 is 33.3 Å². The third-order valence-electron chi connectivity index (χ3n) is 2.94. The van der Waals surface area contributed by atoms with Gasteiger partial charge in [-0.3, -0.25) is 9.48 Å². The monoisotopic (exact) mass is 340 g/mol. The van der Waals surface area contributed by atoms with Gasteiger partial charge in [0.25, 0.3) is 0 Å². The Kier molecular flexibility index (Phi) is 4.42. The van der Waals surface area contributed by atoms with Gasteiger partial charge in [-0.05, 0) is 30.2 Å². The van der Waals surface area contributed by atoms with Gasteiger partial charge in [0.15, 0.2) is 5.78 Å². The normalized spacial score (nSPS) is 10.7. The smallest absolute Gasteiger partial charge is 0.185 e. The van der Waals surface area contributed by atoms with Crippen LogP contribution in [0.15, 0.2) is 28.7 Å². The zero-order valence-corrected chi connectivity index (χ0v) is 13.1. The standard InChI is InChI=1S/C14H14BrClN2O/c1-3-11-8-13(18(2)17-11)14(19)6-9-4-5-10(15)7-12(9)16/h4-5,7-8H,3,6H2,1-2H3. The lowest BCUT2D eigenvalue weighted by Crippen LogP contribution is -2.09. The Hall–Kier alpha value is -1.13. The van der Waals surface area contributed by atoms with Crippen LogP contribution in [-0.4, -0.2) is 15.6 Å². The number of carbonyl (C=O) groups excluding carboxylic acids is 1. The maximum absolute atomic E-state index is 12.3. The summed E-state index contributed by atoms with van der Waals surface area (Å²) in [7, 11) is 1.79. The Morgan fingerprint density at radius 2 is 2.16 bits per heavy atom. The van der Waals surface area contributed by atoms with E-state index in [1.165, 1.54) is 0 Å². The number of halogens is 2. The van der Waals surface area contributed by atoms with E-state index in [2.05, 4.69) is 21.0 Å². The number of hydrogen-bond acceptors (Lipinski definition) is 2. The molecule has 0 aliphatic heterocycles. The molecule has 19 heavy (non-hydrogen) atoms. The van der Waals surface area contributed by atoms with Crippen molar-refractivity contribution in [1.82, 2.24) is 9.78 Å². The molecule has 0 fully saturated rings. The molecule has 0 radical (unpaired) electrons. The van der Waals surface area contributed by atoms with E-state index in [-0.39, 0.29) is 12.2 Å². The largest absolute Gasteiger partial charge is 0.292 e. The van der Waals surface area contributed by atoms with Gasteiger partial charge in [-0.15, -0.1) is 0 Å². The molecule has 0 bridgehead atoms. The van der Waals surface area contributed by atoms with Crippen LogP contribution in [0.2, 0.25) is 5.02 Å². The Morgan fingerprint density at radius 1 is 1.42 bits per heavy atom. The molecule has 0 atom stereocenters. The van der Waals surface area contributed by atoms with Crippen molar-refractivity contribution in [2.24, 2.45) is 7.05 Å². The lowest BCUT2D eigenvalue weighted by molar-refractivity contribution is 0.0984. The van der Waals surface area contributed by atoms with Crippen LogP contribution in [0.3, 0.4) is 0 Å². The van der Waals surface area contributed by atoms with Crippen LogP contribution >= 0.6 is 27.5 Å². The average molecular weight is 342 g/mol.